The molecule has 0 unspecified atom stereocenters. The summed E-state index contributed by atoms with van der Waals surface area (Å²) in [5.74, 6) is -1.45. The first-order chi connectivity index (χ1) is 14.4. The maximum absolute atomic E-state index is 12.9. The molecular formula is C22H20N2O6. The summed E-state index contributed by atoms with van der Waals surface area (Å²) in [5.41, 5.74) is 2.06. The zero-order chi connectivity index (χ0) is 21.7. The number of aromatic carboxylic acids is 1. The number of ether oxygens (including phenoxy) is 2. The first-order valence-corrected chi connectivity index (χ1v) is 9.23. The van der Waals surface area contributed by atoms with Crippen molar-refractivity contribution in [1.29, 1.82) is 0 Å². The molecule has 1 N–H and O–H groups in total. The number of rotatable bonds is 7. The van der Waals surface area contributed by atoms with Crippen molar-refractivity contribution >= 4 is 35.3 Å². The molecule has 1 aliphatic rings. The Balaban J connectivity index is 1.83. The van der Waals surface area contributed by atoms with Crippen LogP contribution < -0.4 is 9.75 Å². The van der Waals surface area contributed by atoms with E-state index >= 15 is 0 Å². The Bertz CT molecular complexity index is 1040. The number of carboxylic acids is 1. The van der Waals surface area contributed by atoms with Crippen molar-refractivity contribution < 1.29 is 29.0 Å². The molecule has 1 aliphatic heterocycles. The van der Waals surface area contributed by atoms with Gasteiger partial charge in [0.15, 0.2) is 6.61 Å². The third-order valence-corrected chi connectivity index (χ3v) is 4.29. The second-order valence-corrected chi connectivity index (χ2v) is 6.34. The van der Waals surface area contributed by atoms with Gasteiger partial charge < -0.3 is 14.6 Å². The van der Waals surface area contributed by atoms with Crippen LogP contribution in [0.2, 0.25) is 0 Å². The van der Waals surface area contributed by atoms with Crippen LogP contribution in [-0.2, 0) is 14.3 Å². The van der Waals surface area contributed by atoms with Crippen LogP contribution in [0.15, 0.2) is 59.2 Å². The van der Waals surface area contributed by atoms with Gasteiger partial charge in [-0.15, -0.1) is 0 Å². The van der Waals surface area contributed by atoms with E-state index in [4.69, 9.17) is 14.6 Å². The van der Waals surface area contributed by atoms with Gasteiger partial charge in [-0.25, -0.2) is 9.59 Å². The lowest BCUT2D eigenvalue weighted by molar-refractivity contribution is -0.145. The number of hydrazone groups is 1. The summed E-state index contributed by atoms with van der Waals surface area (Å²) in [5, 5.41) is 14.5. The summed E-state index contributed by atoms with van der Waals surface area (Å²) in [4.78, 5) is 35.5. The van der Waals surface area contributed by atoms with E-state index < -0.39 is 11.9 Å². The molecule has 8 nitrogen and oxygen atoms in total. The minimum absolute atomic E-state index is 0.120. The van der Waals surface area contributed by atoms with Crippen molar-refractivity contribution in [1.82, 2.24) is 0 Å². The predicted molar refractivity (Wildman–Crippen MR) is 111 cm³/mol. The zero-order valence-electron chi connectivity index (χ0n) is 16.5. The molecule has 8 heteroatoms. The lowest BCUT2D eigenvalue weighted by Crippen LogP contribution is -2.21. The van der Waals surface area contributed by atoms with Crippen molar-refractivity contribution in [3.05, 3.63) is 65.2 Å². The molecule has 0 saturated heterocycles. The molecule has 1 amide bonds. The van der Waals surface area contributed by atoms with Gasteiger partial charge in [0.1, 0.15) is 5.75 Å². The Morgan fingerprint density at radius 2 is 1.83 bits per heavy atom. The third kappa shape index (κ3) is 4.54. The number of hydrogen-bond acceptors (Lipinski definition) is 6. The van der Waals surface area contributed by atoms with Crippen LogP contribution in [0.5, 0.6) is 5.75 Å². The van der Waals surface area contributed by atoms with Gasteiger partial charge >= 0.3 is 11.9 Å². The van der Waals surface area contributed by atoms with Crippen LogP contribution in [0, 0.1) is 0 Å². The van der Waals surface area contributed by atoms with Crippen LogP contribution in [0.25, 0.3) is 6.08 Å². The van der Waals surface area contributed by atoms with Gasteiger partial charge in [0, 0.05) is 5.56 Å². The monoisotopic (exact) mass is 408 g/mol. The maximum atomic E-state index is 12.9. The summed E-state index contributed by atoms with van der Waals surface area (Å²) < 4.78 is 10.4. The van der Waals surface area contributed by atoms with Crippen molar-refractivity contribution in [2.45, 2.75) is 13.8 Å². The summed E-state index contributed by atoms with van der Waals surface area (Å²) in [7, 11) is 0. The first kappa shape index (κ1) is 20.8. The van der Waals surface area contributed by atoms with Gasteiger partial charge in [0.25, 0.3) is 5.91 Å². The van der Waals surface area contributed by atoms with Crippen molar-refractivity contribution in [3.8, 4) is 5.75 Å². The Hall–Kier alpha value is -3.94. The van der Waals surface area contributed by atoms with Gasteiger partial charge in [0.2, 0.25) is 0 Å². The zero-order valence-corrected chi connectivity index (χ0v) is 16.5. The number of amides is 1. The van der Waals surface area contributed by atoms with E-state index in [2.05, 4.69) is 5.10 Å². The van der Waals surface area contributed by atoms with Crippen LogP contribution in [0.3, 0.4) is 0 Å². The van der Waals surface area contributed by atoms with E-state index in [1.54, 1.807) is 44.2 Å². The quantitative estimate of drug-likeness (QED) is 0.557. The highest BCUT2D eigenvalue weighted by Crippen LogP contribution is 2.28. The Morgan fingerprint density at radius 1 is 1.13 bits per heavy atom. The summed E-state index contributed by atoms with van der Waals surface area (Å²) >= 11 is 0. The summed E-state index contributed by atoms with van der Waals surface area (Å²) in [6.07, 6.45) is 1.65. The SMILES string of the molecule is CCOC(=O)COc1ccccc1/C=C1\C(=O)N(c2ccc(C(=O)O)cc2)N=C1C. The molecule has 1 heterocycles. The summed E-state index contributed by atoms with van der Waals surface area (Å²) in [6, 6.07) is 12.9. The number of esters is 1. The number of para-hydroxylation sites is 1. The molecule has 3 rings (SSSR count). The Morgan fingerprint density at radius 3 is 2.50 bits per heavy atom. The van der Waals surface area contributed by atoms with Gasteiger partial charge in [-0.1, -0.05) is 18.2 Å². The van der Waals surface area contributed by atoms with Gasteiger partial charge in [-0.05, 0) is 50.3 Å². The van der Waals surface area contributed by atoms with Crippen molar-refractivity contribution in [3.63, 3.8) is 0 Å². The lowest BCUT2D eigenvalue weighted by Gasteiger charge is -2.12. The standard InChI is InChI=1S/C22H20N2O6/c1-3-29-20(25)13-30-19-7-5-4-6-16(19)12-18-14(2)23-24(21(18)26)17-10-8-15(9-11-17)22(27)28/h4-12H,3,13H2,1-2H3,(H,27,28)/b18-12-. The molecule has 0 atom stereocenters. The number of carboxylic acid groups (broad SMARTS) is 1. The van der Waals surface area contributed by atoms with E-state index in [0.29, 0.717) is 28.3 Å². The van der Waals surface area contributed by atoms with Crippen LogP contribution >= 0.6 is 0 Å². The Kier molecular flexibility index (Phi) is 6.26. The average Bonchev–Trinajstić information content (AvgIpc) is 3.01. The van der Waals surface area contributed by atoms with Crippen molar-refractivity contribution in [2.24, 2.45) is 5.10 Å². The molecule has 0 fully saturated rings. The molecular weight excluding hydrogens is 388 g/mol. The molecule has 2 aromatic rings. The fraction of sp³-hybridized carbons (Fsp3) is 0.182. The van der Waals surface area contributed by atoms with E-state index in [0.717, 1.165) is 0 Å². The van der Waals surface area contributed by atoms with Gasteiger partial charge in [-0.2, -0.15) is 10.1 Å². The lowest BCUT2D eigenvalue weighted by atomic mass is 10.1. The van der Waals surface area contributed by atoms with E-state index in [-0.39, 0.29) is 24.7 Å². The molecule has 0 aromatic heterocycles. The number of anilines is 1. The first-order valence-electron chi connectivity index (χ1n) is 9.23. The van der Waals surface area contributed by atoms with Crippen molar-refractivity contribution in [2.75, 3.05) is 18.2 Å². The molecule has 30 heavy (non-hydrogen) atoms. The average molecular weight is 408 g/mol. The maximum Gasteiger partial charge on any atom is 0.344 e. The highest BCUT2D eigenvalue weighted by atomic mass is 16.6. The van der Waals surface area contributed by atoms with Crippen LogP contribution in [-0.4, -0.2) is 41.9 Å². The molecule has 0 aliphatic carbocycles. The normalized spacial score (nSPS) is 14.6. The minimum Gasteiger partial charge on any atom is -0.481 e. The van der Waals surface area contributed by atoms with Crippen LogP contribution in [0.1, 0.15) is 29.8 Å². The fourth-order valence-corrected chi connectivity index (χ4v) is 2.83. The molecule has 2 aromatic carbocycles. The number of carbonyl (C=O) groups excluding carboxylic acids is 2. The third-order valence-electron chi connectivity index (χ3n) is 4.29. The molecule has 0 radical (unpaired) electrons. The summed E-state index contributed by atoms with van der Waals surface area (Å²) in [6.45, 7) is 3.45. The fourth-order valence-electron chi connectivity index (χ4n) is 2.83. The second-order valence-electron chi connectivity index (χ2n) is 6.34. The topological polar surface area (TPSA) is 106 Å². The molecule has 154 valence electrons. The largest absolute Gasteiger partial charge is 0.481 e. The number of nitrogens with zero attached hydrogens (tertiary/aromatic N) is 2. The minimum atomic E-state index is -1.05. The molecule has 0 bridgehead atoms. The number of carbonyl (C=O) groups is 3. The molecule has 0 saturated carbocycles. The highest BCUT2D eigenvalue weighted by Gasteiger charge is 2.29. The second kappa shape index (κ2) is 9.04. The number of hydrogen-bond donors (Lipinski definition) is 1. The predicted octanol–water partition coefficient (Wildman–Crippen LogP) is 3.13. The van der Waals surface area contributed by atoms with E-state index in [1.807, 2.05) is 0 Å². The molecule has 0 spiro atoms. The van der Waals surface area contributed by atoms with E-state index in [1.165, 1.54) is 29.3 Å². The Labute approximate surface area is 173 Å². The highest BCUT2D eigenvalue weighted by molar-refractivity contribution is 6.32. The van der Waals surface area contributed by atoms with E-state index in [9.17, 15) is 14.4 Å². The van der Waals surface area contributed by atoms with Gasteiger partial charge in [-0.3, -0.25) is 4.79 Å². The number of benzene rings is 2. The van der Waals surface area contributed by atoms with Gasteiger partial charge in [0.05, 0.1) is 29.1 Å². The van der Waals surface area contributed by atoms with Crippen LogP contribution in [0.4, 0.5) is 5.69 Å². The smallest absolute Gasteiger partial charge is 0.344 e.